The quantitative estimate of drug-likeness (QED) is 0.0261. The maximum Gasteiger partial charge on any atom is 0.306 e. The van der Waals surface area contributed by atoms with Gasteiger partial charge in [0, 0.05) is 19.3 Å². The largest absolute Gasteiger partial charge is 0.462 e. The summed E-state index contributed by atoms with van der Waals surface area (Å²) in [6.07, 6.45) is 80.8. The van der Waals surface area contributed by atoms with Gasteiger partial charge in [0.25, 0.3) is 0 Å². The Balaban J connectivity index is 4.07. The van der Waals surface area contributed by atoms with E-state index in [1.165, 1.54) is 295 Å². The van der Waals surface area contributed by atoms with Gasteiger partial charge in [-0.2, -0.15) is 0 Å². The first kappa shape index (κ1) is 74.9. The van der Waals surface area contributed by atoms with Crippen molar-refractivity contribution < 1.29 is 28.6 Å². The van der Waals surface area contributed by atoms with Crippen molar-refractivity contribution in [2.45, 2.75) is 399 Å². The SMILES string of the molecule is CCCCCCCCC/C=C\CCCCCCCCCC(=O)OC(COC(=O)CCCCCCCCCCCC)COC(=O)CCCCCCCCCCCCCCCCCCCCC/C=C\CCCCCCCCCC. The van der Waals surface area contributed by atoms with Gasteiger partial charge < -0.3 is 14.2 Å². The van der Waals surface area contributed by atoms with Gasteiger partial charge in [0.15, 0.2) is 6.10 Å². The van der Waals surface area contributed by atoms with Crippen molar-refractivity contribution in [1.29, 1.82) is 0 Å². The number of carbonyl (C=O) groups is 3. The molecule has 1 atom stereocenters. The van der Waals surface area contributed by atoms with Crippen molar-refractivity contribution in [2.75, 3.05) is 13.2 Å². The molecule has 0 spiro atoms. The van der Waals surface area contributed by atoms with Crippen LogP contribution in [-0.2, 0) is 28.6 Å². The number of unbranched alkanes of at least 4 members (excludes halogenated alkanes) is 50. The summed E-state index contributed by atoms with van der Waals surface area (Å²) >= 11 is 0. The van der Waals surface area contributed by atoms with Crippen molar-refractivity contribution >= 4 is 17.9 Å². The molecule has 77 heavy (non-hydrogen) atoms. The van der Waals surface area contributed by atoms with Crippen molar-refractivity contribution in [3.8, 4) is 0 Å². The molecule has 0 saturated heterocycles. The highest BCUT2D eigenvalue weighted by atomic mass is 16.6. The van der Waals surface area contributed by atoms with Gasteiger partial charge in [-0.1, -0.05) is 328 Å². The summed E-state index contributed by atoms with van der Waals surface area (Å²) in [5, 5.41) is 0. The van der Waals surface area contributed by atoms with E-state index < -0.39 is 6.10 Å². The van der Waals surface area contributed by atoms with Crippen LogP contribution in [0.5, 0.6) is 0 Å². The third-order valence-corrected chi connectivity index (χ3v) is 15.9. The van der Waals surface area contributed by atoms with E-state index in [0.717, 1.165) is 57.8 Å². The molecule has 0 aromatic carbocycles. The van der Waals surface area contributed by atoms with E-state index in [0.29, 0.717) is 19.3 Å². The minimum atomic E-state index is -0.769. The summed E-state index contributed by atoms with van der Waals surface area (Å²) in [7, 11) is 0. The summed E-state index contributed by atoms with van der Waals surface area (Å²) in [6.45, 7) is 6.69. The molecule has 454 valence electrons. The second kappa shape index (κ2) is 66.4. The lowest BCUT2D eigenvalue weighted by molar-refractivity contribution is -0.167. The maximum atomic E-state index is 12.9. The van der Waals surface area contributed by atoms with Crippen LogP contribution in [0.15, 0.2) is 24.3 Å². The zero-order valence-corrected chi connectivity index (χ0v) is 52.3. The van der Waals surface area contributed by atoms with Crippen molar-refractivity contribution in [2.24, 2.45) is 0 Å². The zero-order chi connectivity index (χ0) is 55.7. The predicted octanol–water partition coefficient (Wildman–Crippen LogP) is 23.8. The van der Waals surface area contributed by atoms with Crippen LogP contribution in [0.1, 0.15) is 393 Å². The Kier molecular flexibility index (Phi) is 64.6. The normalized spacial score (nSPS) is 12.1. The Morgan fingerprint density at radius 1 is 0.247 bits per heavy atom. The molecule has 0 aromatic rings. The first-order valence-electron chi connectivity index (χ1n) is 34.8. The van der Waals surface area contributed by atoms with E-state index in [9.17, 15) is 14.4 Å². The first-order valence-corrected chi connectivity index (χ1v) is 34.8. The summed E-state index contributed by atoms with van der Waals surface area (Å²) in [5.74, 6) is -0.845. The summed E-state index contributed by atoms with van der Waals surface area (Å²) in [6, 6.07) is 0. The third kappa shape index (κ3) is 64.6. The minimum absolute atomic E-state index is 0.0670. The third-order valence-electron chi connectivity index (χ3n) is 15.9. The molecule has 0 aliphatic rings. The van der Waals surface area contributed by atoms with Gasteiger partial charge in [-0.15, -0.1) is 0 Å². The molecule has 0 rings (SSSR count). The number of hydrogen-bond donors (Lipinski definition) is 0. The van der Waals surface area contributed by atoms with Gasteiger partial charge in [0.05, 0.1) is 0 Å². The van der Waals surface area contributed by atoms with Gasteiger partial charge in [-0.3, -0.25) is 14.4 Å². The maximum absolute atomic E-state index is 12.9. The van der Waals surface area contributed by atoms with Crippen LogP contribution in [0.25, 0.3) is 0 Å². The predicted molar refractivity (Wildman–Crippen MR) is 335 cm³/mol. The molecule has 0 fully saturated rings. The van der Waals surface area contributed by atoms with E-state index in [4.69, 9.17) is 14.2 Å². The summed E-state index contributed by atoms with van der Waals surface area (Å²) in [5.41, 5.74) is 0. The van der Waals surface area contributed by atoms with E-state index in [-0.39, 0.29) is 31.1 Å². The molecule has 0 saturated carbocycles. The molecule has 1 unspecified atom stereocenters. The standard InChI is InChI=1S/C71H134O6/c1-4-7-10-13-16-19-22-24-26-28-30-31-32-33-34-35-36-37-38-39-40-41-42-44-45-47-49-52-55-58-61-64-70(73)76-67-68(66-75-69(72)63-60-57-54-51-21-18-15-12-9-6-3)77-71(74)65-62-59-56-53-50-48-46-43-29-27-25-23-20-17-14-11-8-5-2/h27-30,68H,4-26,31-67H2,1-3H3/b29-27-,30-28-. The molecule has 6 nitrogen and oxygen atoms in total. The molecule has 0 amide bonds. The van der Waals surface area contributed by atoms with Gasteiger partial charge in [-0.25, -0.2) is 0 Å². The van der Waals surface area contributed by atoms with Crippen LogP contribution in [0.4, 0.5) is 0 Å². The number of allylic oxidation sites excluding steroid dienone is 4. The van der Waals surface area contributed by atoms with Crippen LogP contribution in [0, 0.1) is 0 Å². The highest BCUT2D eigenvalue weighted by molar-refractivity contribution is 5.71. The first-order chi connectivity index (χ1) is 38.0. The number of esters is 3. The van der Waals surface area contributed by atoms with Crippen molar-refractivity contribution in [3.05, 3.63) is 24.3 Å². The van der Waals surface area contributed by atoms with Gasteiger partial charge in [0.2, 0.25) is 0 Å². The van der Waals surface area contributed by atoms with Crippen molar-refractivity contribution in [1.82, 2.24) is 0 Å². The second-order valence-corrected chi connectivity index (χ2v) is 23.8. The number of carbonyl (C=O) groups excluding carboxylic acids is 3. The van der Waals surface area contributed by atoms with E-state index >= 15 is 0 Å². The zero-order valence-electron chi connectivity index (χ0n) is 52.3. The lowest BCUT2D eigenvalue weighted by Crippen LogP contribution is -2.30. The topological polar surface area (TPSA) is 78.9 Å². The van der Waals surface area contributed by atoms with E-state index in [2.05, 4.69) is 45.1 Å². The molecule has 0 aliphatic carbocycles. The highest BCUT2D eigenvalue weighted by Gasteiger charge is 2.19. The second-order valence-electron chi connectivity index (χ2n) is 23.8. The Bertz CT molecular complexity index is 1240. The summed E-state index contributed by atoms with van der Waals surface area (Å²) < 4.78 is 16.9. The lowest BCUT2D eigenvalue weighted by atomic mass is 10.0. The molecule has 0 N–H and O–H groups in total. The fraction of sp³-hybridized carbons (Fsp3) is 0.901. The fourth-order valence-corrected chi connectivity index (χ4v) is 10.7. The Hall–Kier alpha value is -2.11. The molecule has 0 radical (unpaired) electrons. The van der Waals surface area contributed by atoms with Crippen LogP contribution in [0.3, 0.4) is 0 Å². The van der Waals surface area contributed by atoms with Crippen LogP contribution in [0.2, 0.25) is 0 Å². The minimum Gasteiger partial charge on any atom is -0.462 e. The van der Waals surface area contributed by atoms with E-state index in [1.807, 2.05) is 0 Å². The lowest BCUT2D eigenvalue weighted by Gasteiger charge is -2.18. The number of ether oxygens (including phenoxy) is 3. The molecule has 6 heteroatoms. The molecular formula is C71H134O6. The highest BCUT2D eigenvalue weighted by Crippen LogP contribution is 2.18. The van der Waals surface area contributed by atoms with Gasteiger partial charge >= 0.3 is 17.9 Å². The Morgan fingerprint density at radius 3 is 0.649 bits per heavy atom. The fourth-order valence-electron chi connectivity index (χ4n) is 10.7. The average molecular weight is 1080 g/mol. The van der Waals surface area contributed by atoms with Crippen LogP contribution >= 0.6 is 0 Å². The van der Waals surface area contributed by atoms with E-state index in [1.54, 1.807) is 0 Å². The smallest absolute Gasteiger partial charge is 0.306 e. The van der Waals surface area contributed by atoms with Gasteiger partial charge in [0.1, 0.15) is 13.2 Å². The van der Waals surface area contributed by atoms with Gasteiger partial charge in [-0.05, 0) is 70.6 Å². The molecule has 0 aromatic heterocycles. The summed E-state index contributed by atoms with van der Waals surface area (Å²) in [4.78, 5) is 38.3. The number of rotatable bonds is 65. The molecule has 0 aliphatic heterocycles. The van der Waals surface area contributed by atoms with Crippen molar-refractivity contribution in [3.63, 3.8) is 0 Å². The van der Waals surface area contributed by atoms with Crippen LogP contribution in [-0.4, -0.2) is 37.2 Å². The Morgan fingerprint density at radius 2 is 0.429 bits per heavy atom. The number of hydrogen-bond acceptors (Lipinski definition) is 6. The molecule has 0 heterocycles. The molecular weight excluding hydrogens is 949 g/mol. The molecule has 0 bridgehead atoms. The van der Waals surface area contributed by atoms with Crippen LogP contribution < -0.4 is 0 Å². The Labute approximate surface area is 481 Å². The average Bonchev–Trinajstić information content (AvgIpc) is 3.43. The monoisotopic (exact) mass is 1080 g/mol.